The fourth-order valence-corrected chi connectivity index (χ4v) is 5.52. The molecule has 244 valence electrons. The first kappa shape index (κ1) is 34.1. The van der Waals surface area contributed by atoms with Gasteiger partial charge in [-0.05, 0) is 79.6 Å². The first-order valence-electron chi connectivity index (χ1n) is 15.4. The summed E-state index contributed by atoms with van der Waals surface area (Å²) in [6, 6.07) is 14.1. The number of hydrogen-bond acceptors (Lipinski definition) is 9. The van der Waals surface area contributed by atoms with E-state index >= 15 is 0 Å². The third-order valence-corrected chi connectivity index (χ3v) is 8.08. The number of aliphatic hydroxyl groups excluding tert-OH is 1. The molecule has 4 rings (SSSR count). The number of benzene rings is 3. The monoisotopic (exact) mass is 631 g/mol. The van der Waals surface area contributed by atoms with Crippen LogP contribution < -0.4 is 10.1 Å². The summed E-state index contributed by atoms with van der Waals surface area (Å²) in [5, 5.41) is 45.8. The molecule has 1 aliphatic heterocycles. The molecule has 0 saturated carbocycles. The highest BCUT2D eigenvalue weighted by Gasteiger charge is 2.31. The molecule has 0 aliphatic carbocycles. The Kier molecular flexibility index (Phi) is 11.8. The van der Waals surface area contributed by atoms with Crippen LogP contribution in [0.4, 0.5) is 0 Å². The van der Waals surface area contributed by atoms with Gasteiger partial charge in [0.2, 0.25) is 5.91 Å². The van der Waals surface area contributed by atoms with E-state index in [0.29, 0.717) is 55.4 Å². The number of carbonyl (C=O) groups is 3. The molecule has 2 unspecified atom stereocenters. The van der Waals surface area contributed by atoms with Gasteiger partial charge in [0.1, 0.15) is 34.3 Å². The van der Waals surface area contributed by atoms with Crippen molar-refractivity contribution in [3.8, 4) is 23.0 Å². The Labute approximate surface area is 268 Å². The van der Waals surface area contributed by atoms with Gasteiger partial charge < -0.3 is 35.2 Å². The highest BCUT2D eigenvalue weighted by molar-refractivity contribution is 5.98. The maximum atomic E-state index is 13.5. The number of phenols is 3. The van der Waals surface area contributed by atoms with Crippen LogP contribution in [-0.4, -0.2) is 57.8 Å². The fraction of sp³-hybridized carbons (Fsp3) is 0.361. The molecule has 0 fully saturated rings. The molecule has 0 spiro atoms. The molecule has 3 aromatic rings. The summed E-state index contributed by atoms with van der Waals surface area (Å²) in [4.78, 5) is 39.0. The van der Waals surface area contributed by atoms with Crippen LogP contribution in [0, 0.1) is 0 Å². The molecule has 0 aromatic heterocycles. The number of hydrogen-bond donors (Lipinski definition) is 5. The molecule has 1 heterocycles. The summed E-state index contributed by atoms with van der Waals surface area (Å²) in [6.45, 7) is 1.60. The van der Waals surface area contributed by atoms with Crippen molar-refractivity contribution < 1.29 is 44.3 Å². The van der Waals surface area contributed by atoms with Gasteiger partial charge in [0, 0.05) is 37.3 Å². The van der Waals surface area contributed by atoms with Crippen LogP contribution >= 0.6 is 0 Å². The molecule has 3 aromatic carbocycles. The van der Waals surface area contributed by atoms with Crippen molar-refractivity contribution in [3.63, 3.8) is 0 Å². The van der Waals surface area contributed by atoms with Gasteiger partial charge in [0.25, 0.3) is 0 Å². The summed E-state index contributed by atoms with van der Waals surface area (Å²) in [7, 11) is 1.52. The minimum Gasteiger partial charge on any atom is -0.508 e. The van der Waals surface area contributed by atoms with E-state index in [-0.39, 0.29) is 46.9 Å². The van der Waals surface area contributed by atoms with Crippen LogP contribution in [0.3, 0.4) is 0 Å². The highest BCUT2D eigenvalue weighted by atomic mass is 16.5. The average Bonchev–Trinajstić information content (AvgIpc) is 3.02. The van der Waals surface area contributed by atoms with Crippen LogP contribution in [0.5, 0.6) is 23.0 Å². The number of carbonyl (C=O) groups excluding carboxylic acids is 3. The largest absolute Gasteiger partial charge is 0.508 e. The van der Waals surface area contributed by atoms with Crippen molar-refractivity contribution >= 4 is 23.7 Å². The minimum absolute atomic E-state index is 0.0251. The number of ether oxygens (including phenoxy) is 2. The Hall–Kier alpha value is -4.83. The van der Waals surface area contributed by atoms with Gasteiger partial charge in [-0.1, -0.05) is 36.4 Å². The molecule has 10 heteroatoms. The molecule has 1 amide bonds. The maximum Gasteiger partial charge on any atom is 0.342 e. The lowest BCUT2D eigenvalue weighted by molar-refractivity contribution is -0.122. The summed E-state index contributed by atoms with van der Waals surface area (Å²) < 4.78 is 11.0. The second kappa shape index (κ2) is 15.9. The third-order valence-electron chi connectivity index (χ3n) is 8.08. The second-order valence-corrected chi connectivity index (χ2v) is 11.5. The number of allylic oxidation sites excluding steroid dienone is 1. The zero-order valence-corrected chi connectivity index (χ0v) is 26.1. The van der Waals surface area contributed by atoms with Gasteiger partial charge in [-0.15, -0.1) is 0 Å². The number of phenolic OH excluding ortho intramolecular Hbond substituents is 3. The van der Waals surface area contributed by atoms with Crippen LogP contribution in [0.2, 0.25) is 0 Å². The normalized spacial score (nSPS) is 17.2. The standard InChI is InChI=1S/C36H41NO9/c1-22-7-6-10-26(38)9-5-3-4-8-25-19-30(40)34(35(43)33(25)36(44)46-22)29(23-13-17-28(45-2)18-14-23)20-32(42)37-21-31(41)24-11-15-27(39)16-12-24/h4,8,11-19,22,29,31,39-41,43H,3,5-7,9-10,20-21H2,1-2H3,(H,37,42)/t22-,29?,31?/m0/s1. The number of ketones is 1. The number of aliphatic hydroxyl groups is 1. The van der Waals surface area contributed by atoms with Crippen molar-refractivity contribution in [3.05, 3.63) is 88.5 Å². The first-order valence-corrected chi connectivity index (χ1v) is 15.4. The highest BCUT2D eigenvalue weighted by Crippen LogP contribution is 2.44. The minimum atomic E-state index is -1.04. The Morgan fingerprint density at radius 2 is 1.67 bits per heavy atom. The van der Waals surface area contributed by atoms with E-state index < -0.39 is 35.8 Å². The lowest BCUT2D eigenvalue weighted by atomic mass is 9.84. The smallest absolute Gasteiger partial charge is 0.342 e. The Balaban J connectivity index is 1.70. The van der Waals surface area contributed by atoms with Crippen molar-refractivity contribution in [1.29, 1.82) is 0 Å². The molecule has 5 N–H and O–H groups in total. The predicted octanol–water partition coefficient (Wildman–Crippen LogP) is 5.67. The van der Waals surface area contributed by atoms with Gasteiger partial charge >= 0.3 is 5.97 Å². The predicted molar refractivity (Wildman–Crippen MR) is 172 cm³/mol. The van der Waals surface area contributed by atoms with E-state index in [1.807, 2.05) is 0 Å². The third kappa shape index (κ3) is 8.88. The topological polar surface area (TPSA) is 163 Å². The zero-order valence-electron chi connectivity index (χ0n) is 26.1. The van der Waals surface area contributed by atoms with E-state index in [0.717, 1.165) is 0 Å². The molecule has 0 saturated heterocycles. The van der Waals surface area contributed by atoms with Gasteiger partial charge in [-0.3, -0.25) is 9.59 Å². The van der Waals surface area contributed by atoms with Crippen molar-refractivity contribution in [1.82, 2.24) is 5.32 Å². The second-order valence-electron chi connectivity index (χ2n) is 11.5. The molecule has 0 radical (unpaired) electrons. The number of aromatic hydroxyl groups is 3. The van der Waals surface area contributed by atoms with Crippen molar-refractivity contribution in [2.24, 2.45) is 0 Å². The summed E-state index contributed by atoms with van der Waals surface area (Å²) in [6.07, 6.45) is 4.66. The van der Waals surface area contributed by atoms with Gasteiger partial charge in [0.05, 0.1) is 19.3 Å². The number of amides is 1. The molecular formula is C36H41NO9. The van der Waals surface area contributed by atoms with Crippen LogP contribution in [0.15, 0.2) is 60.7 Å². The molecule has 0 bridgehead atoms. The Morgan fingerprint density at radius 1 is 1.00 bits per heavy atom. The number of Topliss-reactive ketones (excluding diaryl/α,β-unsaturated/α-hetero) is 1. The number of nitrogens with one attached hydrogen (secondary N) is 1. The summed E-state index contributed by atoms with van der Waals surface area (Å²) in [5.74, 6) is -2.24. The van der Waals surface area contributed by atoms with E-state index in [1.165, 1.54) is 25.3 Å². The van der Waals surface area contributed by atoms with Gasteiger partial charge in [-0.2, -0.15) is 0 Å². The summed E-state index contributed by atoms with van der Waals surface area (Å²) >= 11 is 0. The van der Waals surface area contributed by atoms with E-state index in [4.69, 9.17) is 9.47 Å². The Bertz CT molecular complexity index is 1550. The Morgan fingerprint density at radius 3 is 2.37 bits per heavy atom. The van der Waals surface area contributed by atoms with Gasteiger partial charge in [0.15, 0.2) is 0 Å². The van der Waals surface area contributed by atoms with E-state index in [2.05, 4.69) is 5.32 Å². The fourth-order valence-electron chi connectivity index (χ4n) is 5.52. The molecule has 46 heavy (non-hydrogen) atoms. The number of cyclic esters (lactones) is 1. The number of methoxy groups -OCH3 is 1. The summed E-state index contributed by atoms with van der Waals surface area (Å²) in [5.41, 5.74) is 1.14. The van der Waals surface area contributed by atoms with Crippen LogP contribution in [-0.2, 0) is 14.3 Å². The van der Waals surface area contributed by atoms with Crippen molar-refractivity contribution in [2.45, 2.75) is 70.0 Å². The van der Waals surface area contributed by atoms with Crippen LogP contribution in [0.1, 0.15) is 96.5 Å². The number of esters is 1. The zero-order chi connectivity index (χ0) is 33.2. The maximum absolute atomic E-state index is 13.5. The molecular weight excluding hydrogens is 590 g/mol. The molecule has 10 nitrogen and oxygen atoms in total. The molecule has 1 aliphatic rings. The lowest BCUT2D eigenvalue weighted by Gasteiger charge is -2.23. The quantitative estimate of drug-likeness (QED) is 0.197. The van der Waals surface area contributed by atoms with Crippen LogP contribution in [0.25, 0.3) is 6.08 Å². The van der Waals surface area contributed by atoms with Crippen molar-refractivity contribution in [2.75, 3.05) is 13.7 Å². The van der Waals surface area contributed by atoms with Gasteiger partial charge in [-0.25, -0.2) is 4.79 Å². The first-order chi connectivity index (χ1) is 22.1. The molecule has 3 atom stereocenters. The number of fused-ring (bicyclic) bond motifs is 1. The lowest BCUT2D eigenvalue weighted by Crippen LogP contribution is -2.29. The number of rotatable bonds is 8. The SMILES string of the molecule is COc1ccc(C(CC(=O)NCC(O)c2ccc(O)cc2)c2c(O)cc3c(c2O)C(=O)O[C@@H](C)CCCC(=O)CCCC=C3)cc1. The van der Waals surface area contributed by atoms with E-state index in [9.17, 15) is 34.8 Å². The van der Waals surface area contributed by atoms with E-state index in [1.54, 1.807) is 55.5 Å². The average molecular weight is 632 g/mol.